The number of nitrogens with one attached hydrogen (secondary N) is 1. The number of nitrogens with zero attached hydrogens (tertiary/aromatic N) is 2. The fourth-order valence-corrected chi connectivity index (χ4v) is 1.47. The summed E-state index contributed by atoms with van der Waals surface area (Å²) in [5.41, 5.74) is 5.26. The van der Waals surface area contributed by atoms with Crippen molar-refractivity contribution in [1.29, 1.82) is 0 Å². The molecule has 0 aliphatic carbocycles. The van der Waals surface area contributed by atoms with Crippen LogP contribution in [0.3, 0.4) is 0 Å². The summed E-state index contributed by atoms with van der Waals surface area (Å²) in [4.78, 5) is 14.9. The van der Waals surface area contributed by atoms with Gasteiger partial charge in [0.25, 0.3) is 0 Å². The minimum Gasteiger partial charge on any atom is -0.274 e. The van der Waals surface area contributed by atoms with Gasteiger partial charge in [-0.3, -0.25) is 9.78 Å². The van der Waals surface area contributed by atoms with Gasteiger partial charge < -0.3 is 0 Å². The molecule has 1 aromatic heterocycles. The van der Waals surface area contributed by atoms with Crippen molar-refractivity contribution in [3.05, 3.63) is 54.2 Å². The summed E-state index contributed by atoms with van der Waals surface area (Å²) in [5.74, 6) is -0.184. The molecule has 0 bridgehead atoms. The molecule has 1 aromatic carbocycles. The second-order valence-electron chi connectivity index (χ2n) is 3.76. The number of hydrogen-bond donors (Lipinski definition) is 1. The van der Waals surface area contributed by atoms with Crippen LogP contribution in [0.15, 0.2) is 53.8 Å². The topological polar surface area (TPSA) is 54.4 Å². The van der Waals surface area contributed by atoms with Crippen molar-refractivity contribution in [3.63, 3.8) is 0 Å². The number of hydrogen-bond acceptors (Lipinski definition) is 3. The van der Waals surface area contributed by atoms with Gasteiger partial charge in [0.1, 0.15) is 0 Å². The Balaban J connectivity index is 2.11. The quantitative estimate of drug-likeness (QED) is 0.659. The maximum atomic E-state index is 10.6. The van der Waals surface area contributed by atoms with Gasteiger partial charge in [-0.05, 0) is 17.7 Å². The number of carbonyl (C=O) groups excluding carboxylic acids is 1. The number of benzene rings is 1. The molecule has 2 rings (SSSR count). The number of pyridine rings is 1. The van der Waals surface area contributed by atoms with E-state index in [9.17, 15) is 4.79 Å². The second-order valence-corrected chi connectivity index (χ2v) is 3.76. The predicted molar refractivity (Wildman–Crippen MR) is 71.1 cm³/mol. The van der Waals surface area contributed by atoms with Crippen molar-refractivity contribution in [2.75, 3.05) is 0 Å². The molecular formula is C14H13N3O. The summed E-state index contributed by atoms with van der Waals surface area (Å²) < 4.78 is 0. The zero-order valence-corrected chi connectivity index (χ0v) is 10.00. The molecule has 0 radical (unpaired) electrons. The summed E-state index contributed by atoms with van der Waals surface area (Å²) >= 11 is 0. The molecule has 0 aliphatic rings. The van der Waals surface area contributed by atoms with Crippen LogP contribution in [0.1, 0.15) is 12.5 Å². The minimum atomic E-state index is -0.184. The summed E-state index contributed by atoms with van der Waals surface area (Å²) in [6.45, 7) is 1.42. The summed E-state index contributed by atoms with van der Waals surface area (Å²) in [6, 6.07) is 13.6. The fraction of sp³-hybridized carbons (Fsp3) is 0.0714. The third-order valence-corrected chi connectivity index (χ3v) is 2.31. The first kappa shape index (κ1) is 12.0. The Labute approximate surface area is 105 Å². The first-order valence-electron chi connectivity index (χ1n) is 5.57. The van der Waals surface area contributed by atoms with Gasteiger partial charge in [-0.2, -0.15) is 5.10 Å². The highest BCUT2D eigenvalue weighted by Gasteiger charge is 1.97. The maximum Gasteiger partial charge on any atom is 0.236 e. The normalized spacial score (nSPS) is 10.5. The van der Waals surface area contributed by atoms with Gasteiger partial charge in [0.2, 0.25) is 5.91 Å². The van der Waals surface area contributed by atoms with Crippen LogP contribution in [-0.4, -0.2) is 17.1 Å². The first-order valence-corrected chi connectivity index (χ1v) is 5.57. The molecule has 1 amide bonds. The minimum absolute atomic E-state index is 0.184. The smallest absolute Gasteiger partial charge is 0.236 e. The van der Waals surface area contributed by atoms with E-state index in [0.29, 0.717) is 0 Å². The Bertz CT molecular complexity index is 547. The Hall–Kier alpha value is -2.49. The second kappa shape index (κ2) is 5.72. The molecule has 1 N–H and O–H groups in total. The van der Waals surface area contributed by atoms with Crippen molar-refractivity contribution in [3.8, 4) is 11.3 Å². The molecule has 0 spiro atoms. The molecule has 0 saturated heterocycles. The highest BCUT2D eigenvalue weighted by molar-refractivity contribution is 5.82. The van der Waals surface area contributed by atoms with Gasteiger partial charge in [0.15, 0.2) is 0 Å². The molecule has 0 aliphatic heterocycles. The summed E-state index contributed by atoms with van der Waals surface area (Å²) in [5, 5.41) is 3.80. The van der Waals surface area contributed by atoms with E-state index in [-0.39, 0.29) is 5.91 Å². The maximum absolute atomic E-state index is 10.6. The van der Waals surface area contributed by atoms with E-state index in [1.807, 2.05) is 42.5 Å². The monoisotopic (exact) mass is 239 g/mol. The first-order chi connectivity index (χ1) is 8.75. The SMILES string of the molecule is CC(=O)N/N=C/c1ccc(-c2ccccn2)cc1. The average Bonchev–Trinajstić information content (AvgIpc) is 2.40. The van der Waals surface area contributed by atoms with E-state index in [4.69, 9.17) is 0 Å². The molecule has 4 nitrogen and oxygen atoms in total. The number of rotatable bonds is 3. The van der Waals surface area contributed by atoms with Crippen LogP contribution in [-0.2, 0) is 4.79 Å². The van der Waals surface area contributed by atoms with Crippen LogP contribution in [0.5, 0.6) is 0 Å². The molecule has 0 atom stereocenters. The van der Waals surface area contributed by atoms with Crippen LogP contribution in [0.25, 0.3) is 11.3 Å². The molecule has 0 saturated carbocycles. The molecule has 2 aromatic rings. The van der Waals surface area contributed by atoms with Gasteiger partial charge >= 0.3 is 0 Å². The van der Waals surface area contributed by atoms with Crippen LogP contribution >= 0.6 is 0 Å². The third-order valence-electron chi connectivity index (χ3n) is 2.31. The van der Waals surface area contributed by atoms with E-state index in [1.165, 1.54) is 6.92 Å². The molecule has 1 heterocycles. The average molecular weight is 239 g/mol. The number of hydrazone groups is 1. The predicted octanol–water partition coefficient (Wildman–Crippen LogP) is 2.22. The third kappa shape index (κ3) is 3.25. The van der Waals surface area contributed by atoms with Gasteiger partial charge in [-0.15, -0.1) is 0 Å². The largest absolute Gasteiger partial charge is 0.274 e. The summed E-state index contributed by atoms with van der Waals surface area (Å²) in [7, 11) is 0. The molecule has 90 valence electrons. The molecule has 4 heteroatoms. The van der Waals surface area contributed by atoms with E-state index in [0.717, 1.165) is 16.8 Å². The molecule has 0 fully saturated rings. The lowest BCUT2D eigenvalue weighted by Gasteiger charge is -2.00. The lowest BCUT2D eigenvalue weighted by atomic mass is 10.1. The van der Waals surface area contributed by atoms with E-state index < -0.39 is 0 Å². The van der Waals surface area contributed by atoms with E-state index in [1.54, 1.807) is 12.4 Å². The highest BCUT2D eigenvalue weighted by atomic mass is 16.2. The lowest BCUT2D eigenvalue weighted by Crippen LogP contribution is -2.12. The number of carbonyl (C=O) groups is 1. The van der Waals surface area contributed by atoms with Crippen LogP contribution in [0, 0.1) is 0 Å². The van der Waals surface area contributed by atoms with Crippen molar-refractivity contribution in [2.45, 2.75) is 6.92 Å². The Morgan fingerprint density at radius 1 is 1.22 bits per heavy atom. The Kier molecular flexibility index (Phi) is 3.81. The van der Waals surface area contributed by atoms with Crippen molar-refractivity contribution >= 4 is 12.1 Å². The zero-order chi connectivity index (χ0) is 12.8. The molecular weight excluding hydrogens is 226 g/mol. The van der Waals surface area contributed by atoms with Crippen LogP contribution < -0.4 is 5.43 Å². The van der Waals surface area contributed by atoms with Crippen molar-refractivity contribution in [1.82, 2.24) is 10.4 Å². The van der Waals surface area contributed by atoms with Crippen LogP contribution in [0.4, 0.5) is 0 Å². The van der Waals surface area contributed by atoms with Crippen molar-refractivity contribution in [2.24, 2.45) is 5.10 Å². The van der Waals surface area contributed by atoms with E-state index in [2.05, 4.69) is 15.5 Å². The Morgan fingerprint density at radius 2 is 2.00 bits per heavy atom. The Morgan fingerprint density at radius 3 is 2.61 bits per heavy atom. The standard InChI is InChI=1S/C14H13N3O/c1-11(18)17-16-10-12-5-7-13(8-6-12)14-4-2-3-9-15-14/h2-10H,1H3,(H,17,18)/b16-10+. The zero-order valence-electron chi connectivity index (χ0n) is 10.00. The number of amides is 1. The number of aromatic nitrogens is 1. The van der Waals surface area contributed by atoms with Crippen molar-refractivity contribution < 1.29 is 4.79 Å². The highest BCUT2D eigenvalue weighted by Crippen LogP contribution is 2.15. The van der Waals surface area contributed by atoms with Gasteiger partial charge in [-0.25, -0.2) is 5.43 Å². The van der Waals surface area contributed by atoms with Gasteiger partial charge in [0, 0.05) is 18.7 Å². The van der Waals surface area contributed by atoms with Gasteiger partial charge in [0.05, 0.1) is 11.9 Å². The molecule has 0 unspecified atom stereocenters. The summed E-state index contributed by atoms with van der Waals surface area (Å²) in [6.07, 6.45) is 3.37. The van der Waals surface area contributed by atoms with Gasteiger partial charge in [-0.1, -0.05) is 30.3 Å². The van der Waals surface area contributed by atoms with Crippen LogP contribution in [0.2, 0.25) is 0 Å². The molecule has 18 heavy (non-hydrogen) atoms. The van der Waals surface area contributed by atoms with E-state index >= 15 is 0 Å². The lowest BCUT2D eigenvalue weighted by molar-refractivity contribution is -0.118. The fourth-order valence-electron chi connectivity index (χ4n) is 1.47.